The molecule has 3 rings (SSSR count). The van der Waals surface area contributed by atoms with Crippen LogP contribution in [0.1, 0.15) is 29.2 Å². The summed E-state index contributed by atoms with van der Waals surface area (Å²) in [6.45, 7) is 0. The summed E-state index contributed by atoms with van der Waals surface area (Å²) >= 11 is 1.42. The van der Waals surface area contributed by atoms with Gasteiger partial charge in [-0.05, 0) is 43.5 Å². The minimum absolute atomic E-state index is 0.165. The highest BCUT2D eigenvalue weighted by molar-refractivity contribution is 7.15. The maximum absolute atomic E-state index is 12.0. The van der Waals surface area contributed by atoms with Gasteiger partial charge in [0.15, 0.2) is 5.82 Å². The normalized spacial score (nSPS) is 10.6. The molecular weight excluding hydrogens is 350 g/mol. The van der Waals surface area contributed by atoms with Gasteiger partial charge < -0.3 is 11.1 Å². The number of nitrogens with one attached hydrogen (secondary N) is 1. The fourth-order valence-corrected chi connectivity index (χ4v) is 3.02. The van der Waals surface area contributed by atoms with Crippen molar-refractivity contribution >= 4 is 28.2 Å². The monoisotopic (exact) mass is 369 g/mol. The van der Waals surface area contributed by atoms with Crippen LogP contribution in [0.4, 0.5) is 10.9 Å². The van der Waals surface area contributed by atoms with Crippen LogP contribution < -0.4 is 11.1 Å². The van der Waals surface area contributed by atoms with Gasteiger partial charge in [0.25, 0.3) is 0 Å². The number of rotatable bonds is 8. The number of carbonyl (C=O) groups excluding carboxylic acids is 1. The van der Waals surface area contributed by atoms with Crippen LogP contribution in [0.3, 0.4) is 0 Å². The maximum atomic E-state index is 12.0. The van der Waals surface area contributed by atoms with Gasteiger partial charge in [0, 0.05) is 18.3 Å². The van der Waals surface area contributed by atoms with Crippen molar-refractivity contribution in [3.63, 3.8) is 0 Å². The van der Waals surface area contributed by atoms with E-state index < -0.39 is 0 Å². The number of nitrogens with two attached hydrogens (primary N) is 1. The molecule has 3 aromatic rings. The second-order valence-electron chi connectivity index (χ2n) is 5.70. The summed E-state index contributed by atoms with van der Waals surface area (Å²) in [6, 6.07) is 9.12. The molecule has 26 heavy (non-hydrogen) atoms. The van der Waals surface area contributed by atoms with Crippen LogP contribution in [0.25, 0.3) is 0 Å². The number of aromatic nitrogens is 5. The minimum Gasteiger partial charge on any atom is -0.374 e. The molecule has 134 valence electrons. The summed E-state index contributed by atoms with van der Waals surface area (Å²) in [5.74, 6) is 0.279. The lowest BCUT2D eigenvalue weighted by Crippen LogP contribution is -2.16. The molecule has 0 aromatic carbocycles. The first-order valence-corrected chi connectivity index (χ1v) is 9.11. The zero-order valence-electron chi connectivity index (χ0n) is 14.1. The lowest BCUT2D eigenvalue weighted by atomic mass is 10.1. The van der Waals surface area contributed by atoms with Crippen molar-refractivity contribution in [3.8, 4) is 0 Å². The zero-order valence-corrected chi connectivity index (χ0v) is 14.9. The van der Waals surface area contributed by atoms with Gasteiger partial charge >= 0.3 is 0 Å². The molecule has 0 spiro atoms. The number of anilines is 2. The second kappa shape index (κ2) is 8.95. The number of pyridine rings is 1. The molecule has 0 aliphatic rings. The number of unbranched alkanes of at least 4 members (excludes halogenated alkanes) is 1. The van der Waals surface area contributed by atoms with E-state index in [1.54, 1.807) is 12.3 Å². The largest absolute Gasteiger partial charge is 0.374 e. The Morgan fingerprint density at radius 2 is 1.88 bits per heavy atom. The van der Waals surface area contributed by atoms with E-state index in [9.17, 15) is 4.79 Å². The van der Waals surface area contributed by atoms with Gasteiger partial charge in [0.2, 0.25) is 11.0 Å². The Morgan fingerprint density at radius 1 is 1.00 bits per heavy atom. The lowest BCUT2D eigenvalue weighted by Gasteiger charge is -2.04. The van der Waals surface area contributed by atoms with Crippen LogP contribution in [-0.2, 0) is 24.1 Å². The highest BCUT2D eigenvalue weighted by Crippen LogP contribution is 2.14. The molecule has 3 heterocycles. The molecule has 1 amide bonds. The van der Waals surface area contributed by atoms with E-state index in [0.717, 1.165) is 36.4 Å². The van der Waals surface area contributed by atoms with Gasteiger partial charge in [-0.3, -0.25) is 9.78 Å². The van der Waals surface area contributed by atoms with Crippen LogP contribution in [0, 0.1) is 0 Å². The molecule has 0 saturated carbocycles. The molecule has 0 aliphatic heterocycles. The molecule has 0 aliphatic carbocycles. The average Bonchev–Trinajstić information content (AvgIpc) is 3.06. The number of carbonyl (C=O) groups is 1. The number of nitrogen functional groups attached to an aromatic ring is 1. The standard InChI is InChI=1S/C17H19N7OS/c18-17-24-23-16(26-17)7-2-1-5-12-8-9-14(22-21-12)20-15(25)11-13-6-3-4-10-19-13/h3-4,6,8-10H,1-2,5,7,11H2,(H2,18,24)(H,20,22,25). The van der Waals surface area contributed by atoms with Crippen molar-refractivity contribution in [2.24, 2.45) is 0 Å². The van der Waals surface area contributed by atoms with E-state index in [-0.39, 0.29) is 12.3 Å². The van der Waals surface area contributed by atoms with E-state index in [2.05, 4.69) is 30.7 Å². The third-order valence-electron chi connectivity index (χ3n) is 3.61. The third-order valence-corrected chi connectivity index (χ3v) is 4.42. The Bertz CT molecular complexity index is 836. The SMILES string of the molecule is Nc1nnc(CCCCc2ccc(NC(=O)Cc3ccccn3)nn2)s1. The molecule has 0 fully saturated rings. The Morgan fingerprint density at radius 3 is 2.58 bits per heavy atom. The van der Waals surface area contributed by atoms with Crippen LogP contribution in [-0.4, -0.2) is 31.3 Å². The quantitative estimate of drug-likeness (QED) is 0.583. The third kappa shape index (κ3) is 5.55. The highest BCUT2D eigenvalue weighted by atomic mass is 32.1. The van der Waals surface area contributed by atoms with Crippen molar-refractivity contribution < 1.29 is 4.79 Å². The maximum Gasteiger partial charge on any atom is 0.231 e. The van der Waals surface area contributed by atoms with Gasteiger partial charge in [-0.15, -0.1) is 15.3 Å². The molecule has 0 unspecified atom stereocenters. The topological polar surface area (TPSA) is 120 Å². The van der Waals surface area contributed by atoms with Crippen LogP contribution in [0.2, 0.25) is 0 Å². The van der Waals surface area contributed by atoms with Crippen molar-refractivity contribution in [2.45, 2.75) is 32.1 Å². The zero-order chi connectivity index (χ0) is 18.2. The number of aryl methyl sites for hydroxylation is 2. The fourth-order valence-electron chi connectivity index (χ4n) is 2.36. The van der Waals surface area contributed by atoms with Crippen molar-refractivity contribution in [1.82, 2.24) is 25.4 Å². The van der Waals surface area contributed by atoms with Gasteiger partial charge in [-0.2, -0.15) is 5.10 Å². The first-order chi connectivity index (χ1) is 12.7. The number of nitrogens with zero attached hydrogens (tertiary/aromatic N) is 5. The van der Waals surface area contributed by atoms with E-state index in [1.807, 2.05) is 24.3 Å². The summed E-state index contributed by atoms with van der Waals surface area (Å²) in [5.41, 5.74) is 7.17. The first kappa shape index (κ1) is 17.9. The Balaban J connectivity index is 1.40. The molecule has 0 radical (unpaired) electrons. The molecule has 0 atom stereocenters. The number of hydrogen-bond donors (Lipinski definition) is 2. The van der Waals surface area contributed by atoms with E-state index in [0.29, 0.717) is 16.6 Å². The second-order valence-corrected chi connectivity index (χ2v) is 6.79. The molecule has 8 nitrogen and oxygen atoms in total. The van der Waals surface area contributed by atoms with Gasteiger partial charge in [0.1, 0.15) is 5.01 Å². The van der Waals surface area contributed by atoms with E-state index >= 15 is 0 Å². The average molecular weight is 369 g/mol. The van der Waals surface area contributed by atoms with Crippen molar-refractivity contribution in [3.05, 3.63) is 52.9 Å². The summed E-state index contributed by atoms with van der Waals surface area (Å²) in [4.78, 5) is 16.1. The molecule has 9 heteroatoms. The summed E-state index contributed by atoms with van der Waals surface area (Å²) in [6.07, 6.45) is 5.52. The van der Waals surface area contributed by atoms with Gasteiger partial charge in [-0.1, -0.05) is 17.4 Å². The van der Waals surface area contributed by atoms with E-state index in [4.69, 9.17) is 5.73 Å². The molecule has 0 bridgehead atoms. The predicted molar refractivity (Wildman–Crippen MR) is 99.6 cm³/mol. The highest BCUT2D eigenvalue weighted by Gasteiger charge is 2.07. The van der Waals surface area contributed by atoms with Crippen molar-refractivity contribution in [1.29, 1.82) is 0 Å². The summed E-state index contributed by atoms with van der Waals surface area (Å²) < 4.78 is 0. The Hall–Kier alpha value is -2.94. The van der Waals surface area contributed by atoms with Crippen LogP contribution in [0.15, 0.2) is 36.5 Å². The molecule has 0 saturated heterocycles. The van der Waals surface area contributed by atoms with Gasteiger partial charge in [-0.25, -0.2) is 0 Å². The van der Waals surface area contributed by atoms with Gasteiger partial charge in [0.05, 0.1) is 12.1 Å². The summed E-state index contributed by atoms with van der Waals surface area (Å²) in [5, 5.41) is 20.2. The number of amides is 1. The number of hydrogen-bond acceptors (Lipinski definition) is 8. The Kier molecular flexibility index (Phi) is 6.15. The molecular formula is C17H19N7OS. The van der Waals surface area contributed by atoms with E-state index in [1.165, 1.54) is 11.3 Å². The smallest absolute Gasteiger partial charge is 0.231 e. The minimum atomic E-state index is -0.165. The lowest BCUT2D eigenvalue weighted by molar-refractivity contribution is -0.115. The van der Waals surface area contributed by atoms with Crippen LogP contribution in [0.5, 0.6) is 0 Å². The Labute approximate surface area is 154 Å². The fraction of sp³-hybridized carbons (Fsp3) is 0.294. The van der Waals surface area contributed by atoms with Crippen LogP contribution >= 0.6 is 11.3 Å². The predicted octanol–water partition coefficient (Wildman–Crippen LogP) is 2.05. The molecule has 3 N–H and O–H groups in total. The van der Waals surface area contributed by atoms with Crippen molar-refractivity contribution in [2.75, 3.05) is 11.1 Å². The molecule has 3 aromatic heterocycles. The first-order valence-electron chi connectivity index (χ1n) is 8.29. The summed E-state index contributed by atoms with van der Waals surface area (Å²) in [7, 11) is 0.